The molecule has 3 aliphatic carbocycles. The Morgan fingerprint density at radius 1 is 0.742 bits per heavy atom. The van der Waals surface area contributed by atoms with E-state index in [1.165, 1.54) is 12.8 Å². The Kier molecular flexibility index (Phi) is 8.13. The van der Waals surface area contributed by atoms with E-state index in [9.17, 15) is 9.59 Å². The molecule has 0 saturated heterocycles. The molecule has 4 nitrogen and oxygen atoms in total. The lowest BCUT2D eigenvalue weighted by molar-refractivity contribution is -0.160. The van der Waals surface area contributed by atoms with Gasteiger partial charge in [-0.3, -0.25) is 9.59 Å². The van der Waals surface area contributed by atoms with Crippen molar-refractivity contribution in [1.82, 2.24) is 0 Å². The van der Waals surface area contributed by atoms with Crippen LogP contribution in [0.1, 0.15) is 92.9 Å². The van der Waals surface area contributed by atoms with Crippen LogP contribution in [0.4, 0.5) is 0 Å². The lowest BCUT2D eigenvalue weighted by Gasteiger charge is -2.36. The third kappa shape index (κ3) is 6.26. The average molecular weight is 435 g/mol. The minimum absolute atomic E-state index is 0.0242. The molecular formula is C27H46O4. The second-order valence-electron chi connectivity index (χ2n) is 12.1. The standard InChI is InChI=1S/C27H46O4/c1-17(2)21-9-7-19(5)13-23(21)25(28)30-15-27(11-12-27)16-31-26(29)24-14-20(6)8-10-22(24)18(3)4/h17-24H,7-16H2,1-6H3. The molecular weight excluding hydrogens is 388 g/mol. The molecule has 0 aromatic rings. The number of rotatable bonds is 8. The van der Waals surface area contributed by atoms with Crippen molar-refractivity contribution in [1.29, 1.82) is 0 Å². The Balaban J connectivity index is 1.50. The molecule has 3 rings (SSSR count). The summed E-state index contributed by atoms with van der Waals surface area (Å²) in [6, 6.07) is 0. The van der Waals surface area contributed by atoms with Crippen LogP contribution in [0.3, 0.4) is 0 Å². The zero-order valence-electron chi connectivity index (χ0n) is 20.8. The van der Waals surface area contributed by atoms with Crippen LogP contribution in [-0.4, -0.2) is 25.2 Å². The molecule has 3 fully saturated rings. The van der Waals surface area contributed by atoms with Crippen molar-refractivity contribution >= 4 is 11.9 Å². The van der Waals surface area contributed by atoms with Crippen molar-refractivity contribution in [3.8, 4) is 0 Å². The molecule has 3 aliphatic rings. The van der Waals surface area contributed by atoms with Crippen molar-refractivity contribution in [3.63, 3.8) is 0 Å². The quantitative estimate of drug-likeness (QED) is 0.422. The molecule has 0 spiro atoms. The van der Waals surface area contributed by atoms with Gasteiger partial charge in [-0.05, 0) is 74.0 Å². The molecule has 0 heterocycles. The number of carbonyl (C=O) groups excluding carboxylic acids is 2. The SMILES string of the molecule is CC1CCC(C(C)C)C(C(=O)OCC2(COC(=O)C3CC(C)CCC3C(C)C)CC2)C1. The van der Waals surface area contributed by atoms with Gasteiger partial charge in [-0.25, -0.2) is 0 Å². The van der Waals surface area contributed by atoms with Gasteiger partial charge in [0.2, 0.25) is 0 Å². The predicted octanol–water partition coefficient (Wildman–Crippen LogP) is 6.27. The van der Waals surface area contributed by atoms with E-state index in [0.29, 0.717) is 48.7 Å². The number of hydrogen-bond donors (Lipinski definition) is 0. The maximum Gasteiger partial charge on any atom is 0.309 e. The highest BCUT2D eigenvalue weighted by atomic mass is 16.5. The second-order valence-corrected chi connectivity index (χ2v) is 12.1. The fourth-order valence-corrected chi connectivity index (χ4v) is 6.12. The number of hydrogen-bond acceptors (Lipinski definition) is 4. The summed E-state index contributed by atoms with van der Waals surface area (Å²) in [6.07, 6.45) is 8.53. The van der Waals surface area contributed by atoms with E-state index in [4.69, 9.17) is 9.47 Å². The minimum Gasteiger partial charge on any atom is -0.465 e. The van der Waals surface area contributed by atoms with Crippen LogP contribution >= 0.6 is 0 Å². The average Bonchev–Trinajstić information content (AvgIpc) is 3.50. The first-order valence-electron chi connectivity index (χ1n) is 12.9. The van der Waals surface area contributed by atoms with Crippen molar-refractivity contribution < 1.29 is 19.1 Å². The summed E-state index contributed by atoms with van der Waals surface area (Å²) in [5, 5.41) is 0. The van der Waals surface area contributed by atoms with E-state index in [1.54, 1.807) is 0 Å². The monoisotopic (exact) mass is 434 g/mol. The maximum atomic E-state index is 12.9. The van der Waals surface area contributed by atoms with Gasteiger partial charge in [0.15, 0.2) is 0 Å². The molecule has 0 N–H and O–H groups in total. The number of ether oxygens (including phenoxy) is 2. The smallest absolute Gasteiger partial charge is 0.309 e. The van der Waals surface area contributed by atoms with Crippen LogP contribution in [0.2, 0.25) is 0 Å². The first-order chi connectivity index (χ1) is 14.6. The Morgan fingerprint density at radius 2 is 1.13 bits per heavy atom. The van der Waals surface area contributed by atoms with Crippen LogP contribution < -0.4 is 0 Å². The van der Waals surface area contributed by atoms with Crippen molar-refractivity contribution in [2.24, 2.45) is 52.8 Å². The van der Waals surface area contributed by atoms with Gasteiger partial charge in [-0.2, -0.15) is 0 Å². The topological polar surface area (TPSA) is 52.6 Å². The van der Waals surface area contributed by atoms with E-state index in [-0.39, 0.29) is 29.2 Å². The van der Waals surface area contributed by atoms with Gasteiger partial charge >= 0.3 is 11.9 Å². The zero-order chi connectivity index (χ0) is 22.8. The van der Waals surface area contributed by atoms with Crippen molar-refractivity contribution in [2.75, 3.05) is 13.2 Å². The number of esters is 2. The molecule has 0 aliphatic heterocycles. The van der Waals surface area contributed by atoms with Crippen molar-refractivity contribution in [3.05, 3.63) is 0 Å². The van der Waals surface area contributed by atoms with E-state index in [2.05, 4.69) is 41.5 Å². The molecule has 0 bridgehead atoms. The summed E-state index contributed by atoms with van der Waals surface area (Å²) in [5.74, 6) is 3.06. The highest BCUT2D eigenvalue weighted by Gasteiger charge is 2.47. The summed E-state index contributed by atoms with van der Waals surface area (Å²) < 4.78 is 11.7. The molecule has 4 heteroatoms. The van der Waals surface area contributed by atoms with Gasteiger partial charge in [-0.1, -0.05) is 54.4 Å². The van der Waals surface area contributed by atoms with Crippen LogP contribution in [-0.2, 0) is 19.1 Å². The van der Waals surface area contributed by atoms with Gasteiger partial charge in [0.1, 0.15) is 13.2 Å². The molecule has 6 unspecified atom stereocenters. The Labute approximate surface area is 190 Å². The Hall–Kier alpha value is -1.06. The van der Waals surface area contributed by atoms with Crippen molar-refractivity contribution in [2.45, 2.75) is 92.9 Å². The molecule has 6 atom stereocenters. The van der Waals surface area contributed by atoms with E-state index >= 15 is 0 Å². The molecule has 31 heavy (non-hydrogen) atoms. The first-order valence-corrected chi connectivity index (χ1v) is 12.9. The lowest BCUT2D eigenvalue weighted by Crippen LogP contribution is -2.37. The summed E-state index contributed by atoms with van der Waals surface area (Å²) in [5.41, 5.74) is -0.132. The minimum atomic E-state index is -0.132. The molecule has 0 radical (unpaired) electrons. The van der Waals surface area contributed by atoms with E-state index in [0.717, 1.165) is 38.5 Å². The Morgan fingerprint density at radius 3 is 1.45 bits per heavy atom. The van der Waals surface area contributed by atoms with Gasteiger partial charge in [0.05, 0.1) is 11.8 Å². The fraction of sp³-hybridized carbons (Fsp3) is 0.926. The molecule has 0 aromatic carbocycles. The molecule has 178 valence electrons. The fourth-order valence-electron chi connectivity index (χ4n) is 6.12. The normalized spacial score (nSPS) is 35.1. The van der Waals surface area contributed by atoms with E-state index in [1.807, 2.05) is 0 Å². The van der Waals surface area contributed by atoms with Gasteiger partial charge in [0.25, 0.3) is 0 Å². The van der Waals surface area contributed by atoms with E-state index < -0.39 is 0 Å². The predicted molar refractivity (Wildman–Crippen MR) is 123 cm³/mol. The summed E-state index contributed by atoms with van der Waals surface area (Å²) in [6.45, 7) is 14.2. The van der Waals surface area contributed by atoms with Crippen LogP contribution in [0.5, 0.6) is 0 Å². The third-order valence-electron chi connectivity index (χ3n) is 8.65. The second kappa shape index (κ2) is 10.3. The zero-order valence-corrected chi connectivity index (χ0v) is 20.8. The summed E-state index contributed by atoms with van der Waals surface area (Å²) in [7, 11) is 0. The van der Waals surface area contributed by atoms with Gasteiger partial charge < -0.3 is 9.47 Å². The third-order valence-corrected chi connectivity index (χ3v) is 8.65. The summed E-state index contributed by atoms with van der Waals surface area (Å²) in [4.78, 5) is 25.9. The molecule has 0 amide bonds. The summed E-state index contributed by atoms with van der Waals surface area (Å²) >= 11 is 0. The van der Waals surface area contributed by atoms with Crippen LogP contribution in [0.15, 0.2) is 0 Å². The maximum absolute atomic E-state index is 12.9. The van der Waals surface area contributed by atoms with Gasteiger partial charge in [-0.15, -0.1) is 0 Å². The highest BCUT2D eigenvalue weighted by Crippen LogP contribution is 2.47. The first kappa shape index (κ1) is 24.6. The molecule has 3 saturated carbocycles. The highest BCUT2D eigenvalue weighted by molar-refractivity contribution is 5.73. The van der Waals surface area contributed by atoms with Crippen LogP contribution in [0, 0.1) is 52.8 Å². The van der Waals surface area contributed by atoms with Gasteiger partial charge in [0, 0.05) is 5.41 Å². The largest absolute Gasteiger partial charge is 0.465 e. The lowest BCUT2D eigenvalue weighted by atomic mass is 9.70. The molecule has 0 aromatic heterocycles. The van der Waals surface area contributed by atoms with Crippen LogP contribution in [0.25, 0.3) is 0 Å². The Bertz CT molecular complexity index is 571. The number of carbonyl (C=O) groups is 2.